The number of carbonyl (C=O) groups excluding carboxylic acids is 3. The van der Waals surface area contributed by atoms with Gasteiger partial charge in [0, 0.05) is 17.7 Å². The minimum atomic E-state index is -1.03. The molecule has 2 amide bonds. The van der Waals surface area contributed by atoms with Gasteiger partial charge < -0.3 is 20.7 Å². The normalized spacial score (nSPS) is 14.6. The van der Waals surface area contributed by atoms with Crippen molar-refractivity contribution in [3.05, 3.63) is 70.0 Å². The summed E-state index contributed by atoms with van der Waals surface area (Å²) in [6.45, 7) is 1.45. The van der Waals surface area contributed by atoms with Crippen LogP contribution < -0.4 is 26.2 Å². The van der Waals surface area contributed by atoms with Crippen molar-refractivity contribution in [2.75, 3.05) is 23.1 Å². The summed E-state index contributed by atoms with van der Waals surface area (Å²) < 4.78 is 5.28. The van der Waals surface area contributed by atoms with Gasteiger partial charge in [0.2, 0.25) is 17.8 Å². The predicted molar refractivity (Wildman–Crippen MR) is 122 cm³/mol. The Balaban J connectivity index is 1.61. The monoisotopic (exact) mass is 447 g/mol. The highest BCUT2D eigenvalue weighted by atomic mass is 16.5. The lowest BCUT2D eigenvalue weighted by Gasteiger charge is -2.23. The number of anilines is 4. The first-order valence-corrected chi connectivity index (χ1v) is 10.1. The zero-order valence-electron chi connectivity index (χ0n) is 17.9. The van der Waals surface area contributed by atoms with Crippen LogP contribution in [0.5, 0.6) is 5.75 Å². The Labute approximate surface area is 188 Å². The van der Waals surface area contributed by atoms with Crippen molar-refractivity contribution in [3.63, 3.8) is 0 Å². The molecular weight excluding hydrogens is 426 g/mol. The van der Waals surface area contributed by atoms with Crippen LogP contribution in [0.3, 0.4) is 0 Å². The van der Waals surface area contributed by atoms with Crippen molar-refractivity contribution in [3.8, 4) is 5.75 Å². The molecule has 1 atom stereocenters. The molecule has 10 heteroatoms. The second-order valence-electron chi connectivity index (χ2n) is 7.43. The number of ketones is 1. The van der Waals surface area contributed by atoms with Gasteiger partial charge in [0.1, 0.15) is 11.6 Å². The molecule has 33 heavy (non-hydrogen) atoms. The molecule has 10 nitrogen and oxygen atoms in total. The summed E-state index contributed by atoms with van der Waals surface area (Å²) in [6.07, 6.45) is -0.200. The molecule has 1 aliphatic heterocycles. The highest BCUT2D eigenvalue weighted by Crippen LogP contribution is 2.31. The maximum Gasteiger partial charge on any atom is 0.258 e. The Morgan fingerprint density at radius 3 is 2.52 bits per heavy atom. The summed E-state index contributed by atoms with van der Waals surface area (Å²) in [5.41, 5.74) is 1.03. The molecule has 1 aliphatic rings. The Kier molecular flexibility index (Phi) is 5.90. The van der Waals surface area contributed by atoms with Gasteiger partial charge in [-0.05, 0) is 43.3 Å². The molecule has 0 radical (unpaired) electrons. The van der Waals surface area contributed by atoms with Gasteiger partial charge in [-0.3, -0.25) is 24.2 Å². The van der Waals surface area contributed by atoms with E-state index >= 15 is 0 Å². The summed E-state index contributed by atoms with van der Waals surface area (Å²) in [6, 6.07) is 13.4. The van der Waals surface area contributed by atoms with Gasteiger partial charge in [0.15, 0.2) is 5.78 Å². The minimum Gasteiger partial charge on any atom is -0.495 e. The zero-order chi connectivity index (χ0) is 23.5. The maximum absolute atomic E-state index is 12.9. The largest absolute Gasteiger partial charge is 0.495 e. The number of methoxy groups -OCH3 is 1. The van der Waals surface area contributed by atoms with E-state index in [1.54, 1.807) is 48.5 Å². The number of ether oxygens (including phenoxy) is 1. The average Bonchev–Trinajstić information content (AvgIpc) is 2.79. The van der Waals surface area contributed by atoms with Crippen LogP contribution in [0.15, 0.2) is 53.3 Å². The molecule has 0 bridgehead atoms. The fourth-order valence-corrected chi connectivity index (χ4v) is 3.55. The van der Waals surface area contributed by atoms with E-state index in [1.807, 2.05) is 0 Å². The Morgan fingerprint density at radius 1 is 1.09 bits per heavy atom. The average molecular weight is 447 g/mol. The first kappa shape index (κ1) is 21.8. The van der Waals surface area contributed by atoms with E-state index in [0.29, 0.717) is 22.7 Å². The molecule has 0 unspecified atom stereocenters. The number of fused-ring (bicyclic) bond motifs is 1. The van der Waals surface area contributed by atoms with Gasteiger partial charge in [0.25, 0.3) is 5.56 Å². The molecule has 0 spiro atoms. The van der Waals surface area contributed by atoms with Crippen LogP contribution in [0.4, 0.5) is 23.1 Å². The first-order chi connectivity index (χ1) is 15.9. The van der Waals surface area contributed by atoms with Crippen molar-refractivity contribution in [2.24, 2.45) is 0 Å². The third-order valence-electron chi connectivity index (χ3n) is 5.19. The number of aromatic nitrogens is 2. The summed E-state index contributed by atoms with van der Waals surface area (Å²) >= 11 is 0. The van der Waals surface area contributed by atoms with E-state index in [2.05, 4.69) is 25.9 Å². The van der Waals surface area contributed by atoms with Crippen LogP contribution in [0.25, 0.3) is 0 Å². The number of hydrogen-bond donors (Lipinski definition) is 4. The number of rotatable bonds is 6. The van der Waals surface area contributed by atoms with Gasteiger partial charge in [-0.1, -0.05) is 12.1 Å². The van der Waals surface area contributed by atoms with E-state index < -0.39 is 23.3 Å². The molecule has 0 aliphatic carbocycles. The predicted octanol–water partition coefficient (Wildman–Crippen LogP) is 2.79. The number of H-pyrrole nitrogens is 1. The number of amides is 2. The van der Waals surface area contributed by atoms with Crippen molar-refractivity contribution in [2.45, 2.75) is 19.3 Å². The zero-order valence-corrected chi connectivity index (χ0v) is 17.9. The molecule has 4 rings (SSSR count). The number of hydrogen-bond acceptors (Lipinski definition) is 7. The minimum absolute atomic E-state index is 0.0134. The molecule has 0 saturated heterocycles. The molecule has 4 N–H and O–H groups in total. The van der Waals surface area contributed by atoms with Gasteiger partial charge >= 0.3 is 0 Å². The first-order valence-electron chi connectivity index (χ1n) is 10.1. The summed E-state index contributed by atoms with van der Waals surface area (Å²) in [5, 5.41) is 8.21. The Bertz CT molecular complexity index is 1300. The van der Waals surface area contributed by atoms with E-state index in [4.69, 9.17) is 4.74 Å². The number of Topliss-reactive ketones (excluding diaryl/α,β-unsaturated/α-hetero) is 1. The maximum atomic E-state index is 12.9. The van der Waals surface area contributed by atoms with Gasteiger partial charge in [-0.2, -0.15) is 4.98 Å². The van der Waals surface area contributed by atoms with Crippen LogP contribution in [-0.4, -0.2) is 34.7 Å². The quantitative estimate of drug-likeness (QED) is 0.426. The van der Waals surface area contributed by atoms with Crippen molar-refractivity contribution >= 4 is 40.7 Å². The molecule has 2 heterocycles. The summed E-state index contributed by atoms with van der Waals surface area (Å²) in [5.74, 6) is -1.45. The number of nitrogens with zero attached hydrogens (tertiary/aromatic N) is 1. The van der Waals surface area contributed by atoms with E-state index in [1.165, 1.54) is 14.0 Å². The van der Waals surface area contributed by atoms with Gasteiger partial charge in [0.05, 0.1) is 24.3 Å². The van der Waals surface area contributed by atoms with Crippen molar-refractivity contribution in [1.29, 1.82) is 0 Å². The molecule has 2 aromatic carbocycles. The number of nitrogens with one attached hydrogen (secondary N) is 4. The van der Waals surface area contributed by atoms with Crippen LogP contribution in [0.2, 0.25) is 0 Å². The lowest BCUT2D eigenvalue weighted by Crippen LogP contribution is -2.36. The van der Waals surface area contributed by atoms with E-state index in [9.17, 15) is 19.2 Å². The lowest BCUT2D eigenvalue weighted by atomic mass is 9.92. The van der Waals surface area contributed by atoms with Crippen LogP contribution in [0.1, 0.15) is 35.2 Å². The fourth-order valence-electron chi connectivity index (χ4n) is 3.55. The van der Waals surface area contributed by atoms with Crippen molar-refractivity contribution in [1.82, 2.24) is 9.97 Å². The smallest absolute Gasteiger partial charge is 0.258 e. The molecule has 168 valence electrons. The Morgan fingerprint density at radius 2 is 1.82 bits per heavy atom. The second-order valence-corrected chi connectivity index (χ2v) is 7.43. The number of carbonyl (C=O) groups is 3. The van der Waals surface area contributed by atoms with Gasteiger partial charge in [-0.25, -0.2) is 0 Å². The van der Waals surface area contributed by atoms with E-state index in [0.717, 1.165) is 0 Å². The topological polar surface area (TPSA) is 142 Å². The lowest BCUT2D eigenvalue weighted by molar-refractivity contribution is -0.123. The molecular formula is C23H21N5O5. The van der Waals surface area contributed by atoms with Crippen LogP contribution in [-0.2, 0) is 9.59 Å². The third-order valence-corrected chi connectivity index (χ3v) is 5.19. The SMILES string of the molecule is COc1ccccc1Nc1nc2c(c(=O)[nH]1)[C@H](C(=O)Nc1ccc(C(C)=O)cc1)CC(=O)N2. The number of benzene rings is 2. The molecule has 0 fully saturated rings. The van der Waals surface area contributed by atoms with Crippen LogP contribution in [0, 0.1) is 0 Å². The highest BCUT2D eigenvalue weighted by molar-refractivity contribution is 6.04. The van der Waals surface area contributed by atoms with Crippen LogP contribution >= 0.6 is 0 Å². The number of aromatic amines is 1. The van der Waals surface area contributed by atoms with E-state index in [-0.39, 0.29) is 29.5 Å². The third kappa shape index (κ3) is 4.59. The summed E-state index contributed by atoms with van der Waals surface area (Å²) in [7, 11) is 1.51. The van der Waals surface area contributed by atoms with Gasteiger partial charge in [-0.15, -0.1) is 0 Å². The second kappa shape index (κ2) is 8.95. The standard InChI is InChI=1S/C23H21N5O5/c1-12(29)13-7-9-14(10-8-13)24-21(31)15-11-18(30)26-20-19(15)22(32)28-23(27-20)25-16-5-3-4-6-17(16)33-2/h3-10,15H,11H2,1-2H3,(H,24,31)(H3,25,26,27,28,30,32)/t15-/m1/s1. The highest BCUT2D eigenvalue weighted by Gasteiger charge is 2.34. The fraction of sp³-hybridized carbons (Fsp3) is 0.174. The molecule has 0 saturated carbocycles. The molecule has 3 aromatic rings. The van der Waals surface area contributed by atoms with Crippen molar-refractivity contribution < 1.29 is 19.1 Å². The molecule has 1 aromatic heterocycles. The summed E-state index contributed by atoms with van der Waals surface area (Å²) in [4.78, 5) is 56.4. The Hall–Kier alpha value is -4.47. The number of para-hydroxylation sites is 2.